The predicted molar refractivity (Wildman–Crippen MR) is 119 cm³/mol. The van der Waals surface area contributed by atoms with E-state index in [0.717, 1.165) is 39.0 Å². The minimum atomic E-state index is -0.0482. The zero-order chi connectivity index (χ0) is 21.3. The molecule has 0 N–H and O–H groups in total. The fourth-order valence-electron chi connectivity index (χ4n) is 7.68. The lowest BCUT2D eigenvalue weighted by molar-refractivity contribution is -0.145. The molecule has 3 fully saturated rings. The lowest BCUT2D eigenvalue weighted by Gasteiger charge is -2.46. The minimum Gasteiger partial charge on any atom is -0.461 e. The molecule has 1 aromatic rings. The Hall–Kier alpha value is -1.88. The maximum atomic E-state index is 13.0. The SMILES string of the molecule is C[C@H]1CCC[C@]2(C)C[C@H]3OC(=O)C(CN4CC5CC(C4)c4cccc(=O)n4C5)[C@H]3C=C12. The maximum absolute atomic E-state index is 13.0. The van der Waals surface area contributed by atoms with Crippen molar-refractivity contribution in [3.05, 3.63) is 45.9 Å². The van der Waals surface area contributed by atoms with Gasteiger partial charge in [-0.3, -0.25) is 9.59 Å². The molecule has 1 saturated carbocycles. The Balaban J connectivity index is 1.24. The Labute approximate surface area is 184 Å². The van der Waals surface area contributed by atoms with E-state index < -0.39 is 0 Å². The van der Waals surface area contributed by atoms with Crippen LogP contribution in [0.1, 0.15) is 57.6 Å². The van der Waals surface area contributed by atoms with Crippen molar-refractivity contribution in [1.29, 1.82) is 0 Å². The number of fused-ring (bicyclic) bond motifs is 6. The first kappa shape index (κ1) is 19.8. The summed E-state index contributed by atoms with van der Waals surface area (Å²) in [6.07, 6.45) is 8.45. The number of likely N-dealkylation sites (tertiary alicyclic amines) is 1. The summed E-state index contributed by atoms with van der Waals surface area (Å²) in [7, 11) is 0. The molecular weight excluding hydrogens is 388 g/mol. The van der Waals surface area contributed by atoms with Gasteiger partial charge in [-0.1, -0.05) is 38.0 Å². The van der Waals surface area contributed by atoms with Gasteiger partial charge in [0.15, 0.2) is 0 Å². The van der Waals surface area contributed by atoms with E-state index in [0.29, 0.717) is 17.8 Å². The number of aromatic nitrogens is 1. The summed E-state index contributed by atoms with van der Waals surface area (Å²) in [5.41, 5.74) is 3.10. The third kappa shape index (κ3) is 3.14. The lowest BCUT2D eigenvalue weighted by atomic mass is 9.59. The van der Waals surface area contributed by atoms with E-state index in [1.807, 2.05) is 10.6 Å². The van der Waals surface area contributed by atoms with Crippen LogP contribution in [0.4, 0.5) is 0 Å². The molecule has 2 saturated heterocycles. The zero-order valence-corrected chi connectivity index (χ0v) is 18.8. The monoisotopic (exact) mass is 422 g/mol. The highest BCUT2D eigenvalue weighted by atomic mass is 16.6. The second-order valence-corrected chi connectivity index (χ2v) is 11.3. The summed E-state index contributed by atoms with van der Waals surface area (Å²) in [6.45, 7) is 8.26. The van der Waals surface area contributed by atoms with E-state index in [9.17, 15) is 9.59 Å². The number of allylic oxidation sites excluding steroid dienone is 1. The van der Waals surface area contributed by atoms with Crippen LogP contribution >= 0.6 is 0 Å². The number of hydrogen-bond acceptors (Lipinski definition) is 4. The Morgan fingerprint density at radius 1 is 1.19 bits per heavy atom. The summed E-state index contributed by atoms with van der Waals surface area (Å²) >= 11 is 0. The number of hydrogen-bond donors (Lipinski definition) is 0. The third-order valence-electron chi connectivity index (χ3n) is 9.09. The Bertz CT molecular complexity index is 997. The molecule has 5 heteroatoms. The van der Waals surface area contributed by atoms with Crippen LogP contribution in [-0.4, -0.2) is 41.2 Å². The van der Waals surface area contributed by atoms with Gasteiger partial charge in [0.1, 0.15) is 6.10 Å². The molecule has 3 unspecified atom stereocenters. The third-order valence-corrected chi connectivity index (χ3v) is 9.09. The van der Waals surface area contributed by atoms with E-state index in [-0.39, 0.29) is 34.9 Å². The molecule has 166 valence electrons. The van der Waals surface area contributed by atoms with Gasteiger partial charge in [-0.15, -0.1) is 0 Å². The molecule has 1 aromatic heterocycles. The van der Waals surface area contributed by atoms with E-state index in [1.165, 1.54) is 25.0 Å². The van der Waals surface area contributed by atoms with Gasteiger partial charge in [0.2, 0.25) is 0 Å². The summed E-state index contributed by atoms with van der Waals surface area (Å²) in [5.74, 6) is 1.70. The quantitative estimate of drug-likeness (QED) is 0.540. The highest BCUT2D eigenvalue weighted by molar-refractivity contribution is 5.76. The van der Waals surface area contributed by atoms with Gasteiger partial charge >= 0.3 is 5.97 Å². The molecule has 6 rings (SSSR count). The summed E-state index contributed by atoms with van der Waals surface area (Å²) in [5, 5.41) is 0. The van der Waals surface area contributed by atoms with Crippen molar-refractivity contribution in [2.45, 2.75) is 64.5 Å². The molecule has 2 bridgehead atoms. The minimum absolute atomic E-state index is 0.00843. The van der Waals surface area contributed by atoms with Crippen LogP contribution in [0.25, 0.3) is 0 Å². The molecule has 3 aliphatic heterocycles. The summed E-state index contributed by atoms with van der Waals surface area (Å²) in [6, 6.07) is 5.68. The van der Waals surface area contributed by atoms with Crippen molar-refractivity contribution < 1.29 is 9.53 Å². The van der Waals surface area contributed by atoms with Gasteiger partial charge in [0.25, 0.3) is 5.56 Å². The van der Waals surface area contributed by atoms with Gasteiger partial charge in [-0.05, 0) is 49.0 Å². The summed E-state index contributed by atoms with van der Waals surface area (Å²) < 4.78 is 7.96. The number of pyridine rings is 1. The number of esters is 1. The van der Waals surface area contributed by atoms with Crippen molar-refractivity contribution in [3.63, 3.8) is 0 Å². The van der Waals surface area contributed by atoms with Crippen LogP contribution in [0.3, 0.4) is 0 Å². The van der Waals surface area contributed by atoms with Gasteiger partial charge in [0.05, 0.1) is 5.92 Å². The Morgan fingerprint density at radius 2 is 2.06 bits per heavy atom. The first-order valence-electron chi connectivity index (χ1n) is 12.3. The number of carbonyl (C=O) groups excluding carboxylic acids is 1. The standard InChI is InChI=1S/C26H34N2O3/c1-16-5-4-8-26(2)11-23-19(10-21(16)26)20(25(30)31-23)15-27-12-17-9-18(14-27)22-6-3-7-24(29)28(22)13-17/h3,6-7,10,16-20,23H,4-5,8-9,11-15H2,1-2H3/t16-,17?,18?,19+,20?,23+,26+/m0/s1. The molecule has 0 radical (unpaired) electrons. The number of ether oxygens (including phenoxy) is 1. The topological polar surface area (TPSA) is 51.5 Å². The first-order valence-corrected chi connectivity index (χ1v) is 12.3. The largest absolute Gasteiger partial charge is 0.461 e. The molecular formula is C26H34N2O3. The Morgan fingerprint density at radius 3 is 2.94 bits per heavy atom. The van der Waals surface area contributed by atoms with E-state index in [1.54, 1.807) is 11.6 Å². The lowest BCUT2D eigenvalue weighted by Crippen LogP contribution is -2.49. The number of piperidine rings is 1. The first-order chi connectivity index (χ1) is 14.9. The molecule has 2 aliphatic carbocycles. The smallest absolute Gasteiger partial charge is 0.311 e. The molecule has 4 heterocycles. The van der Waals surface area contributed by atoms with Gasteiger partial charge in [0, 0.05) is 49.8 Å². The molecule has 0 aromatic carbocycles. The van der Waals surface area contributed by atoms with Crippen LogP contribution in [0, 0.1) is 29.1 Å². The number of carbonyl (C=O) groups is 1. The average Bonchev–Trinajstić information content (AvgIpc) is 3.01. The van der Waals surface area contributed by atoms with Gasteiger partial charge < -0.3 is 14.2 Å². The van der Waals surface area contributed by atoms with Crippen molar-refractivity contribution in [3.8, 4) is 0 Å². The molecule has 7 atom stereocenters. The normalized spacial score (nSPS) is 41.6. The van der Waals surface area contributed by atoms with Gasteiger partial charge in [-0.2, -0.15) is 0 Å². The van der Waals surface area contributed by atoms with Gasteiger partial charge in [-0.25, -0.2) is 0 Å². The zero-order valence-electron chi connectivity index (χ0n) is 18.8. The van der Waals surface area contributed by atoms with Crippen molar-refractivity contribution in [2.75, 3.05) is 19.6 Å². The van der Waals surface area contributed by atoms with Crippen LogP contribution in [0.5, 0.6) is 0 Å². The molecule has 0 spiro atoms. The fraction of sp³-hybridized carbons (Fsp3) is 0.692. The van der Waals surface area contributed by atoms with Crippen molar-refractivity contribution >= 4 is 5.97 Å². The number of nitrogens with zero attached hydrogens (tertiary/aromatic N) is 2. The van der Waals surface area contributed by atoms with Crippen molar-refractivity contribution in [1.82, 2.24) is 9.47 Å². The second-order valence-electron chi connectivity index (χ2n) is 11.3. The molecule has 5 nitrogen and oxygen atoms in total. The number of rotatable bonds is 2. The van der Waals surface area contributed by atoms with Crippen LogP contribution in [0.15, 0.2) is 34.6 Å². The van der Waals surface area contributed by atoms with Crippen LogP contribution in [-0.2, 0) is 16.1 Å². The van der Waals surface area contributed by atoms with Crippen LogP contribution in [0.2, 0.25) is 0 Å². The fourth-order valence-corrected chi connectivity index (χ4v) is 7.68. The predicted octanol–water partition coefficient (Wildman–Crippen LogP) is 3.58. The summed E-state index contributed by atoms with van der Waals surface area (Å²) in [4.78, 5) is 27.8. The average molecular weight is 423 g/mol. The maximum Gasteiger partial charge on any atom is 0.311 e. The van der Waals surface area contributed by atoms with Crippen molar-refractivity contribution in [2.24, 2.45) is 29.1 Å². The molecule has 5 aliphatic rings. The Kier molecular flexibility index (Phi) is 4.51. The molecule has 0 amide bonds. The van der Waals surface area contributed by atoms with E-state index >= 15 is 0 Å². The van der Waals surface area contributed by atoms with E-state index in [4.69, 9.17) is 4.74 Å². The van der Waals surface area contributed by atoms with Crippen LogP contribution < -0.4 is 5.56 Å². The van der Waals surface area contributed by atoms with E-state index in [2.05, 4.69) is 30.9 Å². The molecule has 31 heavy (non-hydrogen) atoms. The second kappa shape index (κ2) is 7.06. The highest BCUT2D eigenvalue weighted by Gasteiger charge is 2.52. The highest BCUT2D eigenvalue weighted by Crippen LogP contribution is 2.54.